The van der Waals surface area contributed by atoms with Crippen molar-refractivity contribution >= 4 is 11.6 Å². The second-order valence-corrected chi connectivity index (χ2v) is 5.91. The zero-order valence-electron chi connectivity index (χ0n) is 12.0. The molecule has 0 aliphatic heterocycles. The van der Waals surface area contributed by atoms with Crippen molar-refractivity contribution in [3.05, 3.63) is 34.3 Å². The number of likely N-dealkylation sites (N-methyl/N-ethyl adjacent to an activating group) is 1. The summed E-state index contributed by atoms with van der Waals surface area (Å²) >= 11 is 6.06. The fourth-order valence-corrected chi connectivity index (χ4v) is 2.27. The predicted molar refractivity (Wildman–Crippen MR) is 80.2 cm³/mol. The van der Waals surface area contributed by atoms with E-state index >= 15 is 0 Å². The molecule has 0 aliphatic carbocycles. The van der Waals surface area contributed by atoms with Crippen LogP contribution in [0.3, 0.4) is 0 Å². The van der Waals surface area contributed by atoms with Gasteiger partial charge in [0.2, 0.25) is 0 Å². The van der Waals surface area contributed by atoms with Gasteiger partial charge < -0.3 is 10.2 Å². The third-order valence-corrected chi connectivity index (χ3v) is 3.00. The van der Waals surface area contributed by atoms with E-state index in [-0.39, 0.29) is 0 Å². The first-order valence-electron chi connectivity index (χ1n) is 6.62. The van der Waals surface area contributed by atoms with Gasteiger partial charge in [0.1, 0.15) is 0 Å². The molecule has 2 nitrogen and oxygen atoms in total. The average Bonchev–Trinajstić information content (AvgIpc) is 2.22. The van der Waals surface area contributed by atoms with Crippen LogP contribution in [0.25, 0.3) is 0 Å². The van der Waals surface area contributed by atoms with Gasteiger partial charge in [-0.05, 0) is 49.7 Å². The van der Waals surface area contributed by atoms with Crippen molar-refractivity contribution in [3.63, 3.8) is 0 Å². The van der Waals surface area contributed by atoms with Crippen molar-refractivity contribution in [1.82, 2.24) is 10.2 Å². The first kappa shape index (κ1) is 15.5. The molecule has 0 amide bonds. The van der Waals surface area contributed by atoms with Crippen molar-refractivity contribution in [2.45, 2.75) is 27.3 Å². The first-order valence-corrected chi connectivity index (χ1v) is 7.00. The highest BCUT2D eigenvalue weighted by molar-refractivity contribution is 6.30. The Bertz CT molecular complexity index is 343. The molecule has 0 saturated heterocycles. The highest BCUT2D eigenvalue weighted by Gasteiger charge is 2.02. The number of aryl methyl sites for hydroxylation is 1. The van der Waals surface area contributed by atoms with Crippen molar-refractivity contribution < 1.29 is 0 Å². The molecule has 3 heteroatoms. The largest absolute Gasteiger partial charge is 0.315 e. The molecule has 18 heavy (non-hydrogen) atoms. The number of halogens is 1. The fourth-order valence-electron chi connectivity index (χ4n) is 1.95. The zero-order chi connectivity index (χ0) is 13.5. The van der Waals surface area contributed by atoms with Crippen LogP contribution in [0.2, 0.25) is 5.02 Å². The van der Waals surface area contributed by atoms with Gasteiger partial charge in [0.05, 0.1) is 0 Å². The van der Waals surface area contributed by atoms with Gasteiger partial charge in [-0.15, -0.1) is 0 Å². The molecule has 0 heterocycles. The Kier molecular flexibility index (Phi) is 6.69. The van der Waals surface area contributed by atoms with Crippen LogP contribution in [0.1, 0.15) is 25.0 Å². The number of rotatable bonds is 7. The molecule has 0 saturated carbocycles. The molecular weight excluding hydrogens is 244 g/mol. The summed E-state index contributed by atoms with van der Waals surface area (Å²) in [7, 11) is 2.15. The Morgan fingerprint density at radius 1 is 1.28 bits per heavy atom. The molecule has 1 rings (SSSR count). The van der Waals surface area contributed by atoms with Crippen LogP contribution in [-0.4, -0.2) is 31.6 Å². The lowest BCUT2D eigenvalue weighted by Gasteiger charge is -2.18. The third-order valence-electron chi connectivity index (χ3n) is 2.78. The minimum atomic E-state index is 0.714. The first-order chi connectivity index (χ1) is 8.47. The van der Waals surface area contributed by atoms with E-state index in [1.54, 1.807) is 0 Å². The summed E-state index contributed by atoms with van der Waals surface area (Å²) in [6.07, 6.45) is 0. The molecule has 0 radical (unpaired) electrons. The number of nitrogens with zero attached hydrogens (tertiary/aromatic N) is 1. The highest BCUT2D eigenvalue weighted by Crippen LogP contribution is 2.15. The van der Waals surface area contributed by atoms with Gasteiger partial charge in [0, 0.05) is 24.7 Å². The van der Waals surface area contributed by atoms with Crippen LogP contribution < -0.4 is 5.32 Å². The standard InChI is InChI=1S/C15H25ClN2/c1-12(2)10-17-5-6-18(4)11-14-7-13(3)8-15(16)9-14/h7-9,12,17H,5-6,10-11H2,1-4H3. The SMILES string of the molecule is Cc1cc(Cl)cc(CN(C)CCNCC(C)C)c1. The molecule has 1 aromatic rings. The second-order valence-electron chi connectivity index (χ2n) is 5.47. The number of benzene rings is 1. The molecule has 102 valence electrons. The van der Waals surface area contributed by atoms with Gasteiger partial charge >= 0.3 is 0 Å². The van der Waals surface area contributed by atoms with E-state index in [2.05, 4.69) is 44.1 Å². The average molecular weight is 269 g/mol. The van der Waals surface area contributed by atoms with E-state index in [9.17, 15) is 0 Å². The van der Waals surface area contributed by atoms with Crippen molar-refractivity contribution in [2.75, 3.05) is 26.7 Å². The van der Waals surface area contributed by atoms with E-state index in [0.717, 1.165) is 31.2 Å². The normalized spacial score (nSPS) is 11.5. The summed E-state index contributed by atoms with van der Waals surface area (Å²) < 4.78 is 0. The van der Waals surface area contributed by atoms with E-state index in [4.69, 9.17) is 11.6 Å². The van der Waals surface area contributed by atoms with Crippen LogP contribution in [0.15, 0.2) is 18.2 Å². The summed E-state index contributed by atoms with van der Waals surface area (Å²) in [6, 6.07) is 6.24. The molecule has 0 fully saturated rings. The van der Waals surface area contributed by atoms with Crippen LogP contribution in [0.5, 0.6) is 0 Å². The fraction of sp³-hybridized carbons (Fsp3) is 0.600. The van der Waals surface area contributed by atoms with E-state index in [1.807, 2.05) is 12.1 Å². The van der Waals surface area contributed by atoms with Gasteiger partial charge in [0.25, 0.3) is 0 Å². The summed E-state index contributed by atoms with van der Waals surface area (Å²) in [6.45, 7) is 10.7. The lowest BCUT2D eigenvalue weighted by Crippen LogP contribution is -2.30. The molecule has 0 spiro atoms. The number of hydrogen-bond acceptors (Lipinski definition) is 2. The van der Waals surface area contributed by atoms with E-state index in [0.29, 0.717) is 5.92 Å². The topological polar surface area (TPSA) is 15.3 Å². The second kappa shape index (κ2) is 7.78. The van der Waals surface area contributed by atoms with Gasteiger partial charge in [-0.3, -0.25) is 0 Å². The summed E-state index contributed by atoms with van der Waals surface area (Å²) in [5.74, 6) is 0.714. The lowest BCUT2D eigenvalue weighted by molar-refractivity contribution is 0.321. The molecule has 0 unspecified atom stereocenters. The monoisotopic (exact) mass is 268 g/mol. The van der Waals surface area contributed by atoms with E-state index in [1.165, 1.54) is 11.1 Å². The Labute approximate surface area is 116 Å². The molecule has 0 aromatic heterocycles. The third kappa shape index (κ3) is 6.39. The maximum atomic E-state index is 6.06. The maximum Gasteiger partial charge on any atom is 0.0411 e. The number of hydrogen-bond donors (Lipinski definition) is 1. The molecule has 0 aliphatic rings. The van der Waals surface area contributed by atoms with Crippen LogP contribution in [0, 0.1) is 12.8 Å². The smallest absolute Gasteiger partial charge is 0.0411 e. The lowest BCUT2D eigenvalue weighted by atomic mass is 10.1. The quantitative estimate of drug-likeness (QED) is 0.763. The molecule has 1 aromatic carbocycles. The maximum absolute atomic E-state index is 6.06. The zero-order valence-corrected chi connectivity index (χ0v) is 12.7. The summed E-state index contributed by atoms with van der Waals surface area (Å²) in [5, 5.41) is 4.29. The highest BCUT2D eigenvalue weighted by atomic mass is 35.5. The van der Waals surface area contributed by atoms with Gasteiger partial charge in [-0.1, -0.05) is 31.5 Å². The number of nitrogens with one attached hydrogen (secondary N) is 1. The Hall–Kier alpha value is -0.570. The van der Waals surface area contributed by atoms with E-state index < -0.39 is 0 Å². The van der Waals surface area contributed by atoms with Crippen molar-refractivity contribution in [1.29, 1.82) is 0 Å². The van der Waals surface area contributed by atoms with Crippen LogP contribution in [0.4, 0.5) is 0 Å². The molecule has 0 atom stereocenters. The predicted octanol–water partition coefficient (Wildman–Crippen LogP) is 3.33. The molecule has 0 bridgehead atoms. The Balaban J connectivity index is 2.33. The Morgan fingerprint density at radius 2 is 2.00 bits per heavy atom. The molecule has 1 N–H and O–H groups in total. The molecular formula is C15H25ClN2. The van der Waals surface area contributed by atoms with Gasteiger partial charge in [0.15, 0.2) is 0 Å². The van der Waals surface area contributed by atoms with Crippen LogP contribution >= 0.6 is 11.6 Å². The summed E-state index contributed by atoms with van der Waals surface area (Å²) in [4.78, 5) is 2.32. The van der Waals surface area contributed by atoms with Crippen molar-refractivity contribution in [2.24, 2.45) is 5.92 Å². The van der Waals surface area contributed by atoms with Crippen molar-refractivity contribution in [3.8, 4) is 0 Å². The van der Waals surface area contributed by atoms with Gasteiger partial charge in [-0.2, -0.15) is 0 Å². The Morgan fingerprint density at radius 3 is 2.61 bits per heavy atom. The van der Waals surface area contributed by atoms with Gasteiger partial charge in [-0.25, -0.2) is 0 Å². The minimum absolute atomic E-state index is 0.714. The van der Waals surface area contributed by atoms with Crippen LogP contribution in [-0.2, 0) is 6.54 Å². The minimum Gasteiger partial charge on any atom is -0.315 e. The summed E-state index contributed by atoms with van der Waals surface area (Å²) in [5.41, 5.74) is 2.51.